The molecule has 0 aromatic heterocycles. The minimum atomic E-state index is 0.101. The van der Waals surface area contributed by atoms with Crippen LogP contribution in [0.15, 0.2) is 0 Å². The summed E-state index contributed by atoms with van der Waals surface area (Å²) in [7, 11) is 0. The molecule has 0 aromatic carbocycles. The van der Waals surface area contributed by atoms with Gasteiger partial charge >= 0.3 is 0 Å². The van der Waals surface area contributed by atoms with Gasteiger partial charge in [-0.05, 0) is 19.3 Å². The first-order valence-electron chi connectivity index (χ1n) is 6.20. The van der Waals surface area contributed by atoms with E-state index in [2.05, 4.69) is 6.92 Å². The number of rotatable bonds is 6. The first-order valence-corrected chi connectivity index (χ1v) is 6.20. The normalized spacial score (nSPS) is 20.9. The zero-order valence-corrected chi connectivity index (χ0v) is 9.74. The van der Waals surface area contributed by atoms with Gasteiger partial charge in [0.25, 0.3) is 0 Å². The van der Waals surface area contributed by atoms with Crippen LogP contribution in [0.1, 0.15) is 51.9 Å². The number of nitrogens with zero attached hydrogens (tertiary/aromatic N) is 1. The van der Waals surface area contributed by atoms with Crippen LogP contribution in [0.3, 0.4) is 0 Å². The van der Waals surface area contributed by atoms with Gasteiger partial charge in [0.15, 0.2) is 0 Å². The number of carbonyl (C=O) groups excluding carboxylic acids is 1. The third-order valence-electron chi connectivity index (χ3n) is 3.15. The fraction of sp³-hybridized carbons (Fsp3) is 0.917. The summed E-state index contributed by atoms with van der Waals surface area (Å²) in [6.07, 6.45) is 7.26. The van der Waals surface area contributed by atoms with Crippen LogP contribution >= 0.6 is 0 Å². The molecule has 1 atom stereocenters. The van der Waals surface area contributed by atoms with Gasteiger partial charge in [-0.2, -0.15) is 0 Å². The molecule has 0 unspecified atom stereocenters. The molecule has 1 fully saturated rings. The van der Waals surface area contributed by atoms with Crippen LogP contribution in [0.25, 0.3) is 0 Å². The highest BCUT2D eigenvalue weighted by atomic mass is 16.3. The van der Waals surface area contributed by atoms with E-state index >= 15 is 0 Å². The summed E-state index contributed by atoms with van der Waals surface area (Å²) in [6, 6.07) is 0.101. The number of unbranched alkanes of at least 4 members (excludes halogenated alkanes) is 3. The van der Waals surface area contributed by atoms with E-state index in [1.807, 2.05) is 4.90 Å². The maximum atomic E-state index is 11.8. The number of hydrogen-bond acceptors (Lipinski definition) is 2. The summed E-state index contributed by atoms with van der Waals surface area (Å²) >= 11 is 0. The Morgan fingerprint density at radius 1 is 1.40 bits per heavy atom. The SMILES string of the molecule is CCCCCCC(=O)N1CCC[C@@H]1CO. The van der Waals surface area contributed by atoms with Crippen LogP contribution in [0.4, 0.5) is 0 Å². The van der Waals surface area contributed by atoms with Crippen LogP contribution < -0.4 is 0 Å². The molecule has 0 spiro atoms. The minimum Gasteiger partial charge on any atom is -0.394 e. The number of amides is 1. The third-order valence-corrected chi connectivity index (χ3v) is 3.15. The Morgan fingerprint density at radius 2 is 2.20 bits per heavy atom. The Morgan fingerprint density at radius 3 is 2.87 bits per heavy atom. The van der Waals surface area contributed by atoms with E-state index in [1.165, 1.54) is 12.8 Å². The van der Waals surface area contributed by atoms with Crippen LogP contribution in [-0.4, -0.2) is 35.1 Å². The Hall–Kier alpha value is -0.570. The number of aliphatic hydroxyl groups is 1. The van der Waals surface area contributed by atoms with Gasteiger partial charge in [-0.25, -0.2) is 0 Å². The highest BCUT2D eigenvalue weighted by molar-refractivity contribution is 5.76. The number of hydrogen-bond donors (Lipinski definition) is 1. The van der Waals surface area contributed by atoms with E-state index in [1.54, 1.807) is 0 Å². The molecule has 88 valence electrons. The zero-order valence-electron chi connectivity index (χ0n) is 9.74. The number of carbonyl (C=O) groups is 1. The molecule has 15 heavy (non-hydrogen) atoms. The maximum Gasteiger partial charge on any atom is 0.222 e. The molecule has 0 radical (unpaired) electrons. The summed E-state index contributed by atoms with van der Waals surface area (Å²) < 4.78 is 0. The molecule has 3 heteroatoms. The van der Waals surface area contributed by atoms with Crippen LogP contribution in [0, 0.1) is 0 Å². The van der Waals surface area contributed by atoms with Gasteiger partial charge < -0.3 is 10.0 Å². The van der Waals surface area contributed by atoms with Gasteiger partial charge in [0.1, 0.15) is 0 Å². The minimum absolute atomic E-state index is 0.101. The number of likely N-dealkylation sites (tertiary alicyclic amines) is 1. The zero-order chi connectivity index (χ0) is 11.1. The Balaban J connectivity index is 2.21. The highest BCUT2D eigenvalue weighted by Crippen LogP contribution is 2.18. The van der Waals surface area contributed by atoms with Gasteiger partial charge in [0, 0.05) is 13.0 Å². The van der Waals surface area contributed by atoms with Gasteiger partial charge in [0.05, 0.1) is 12.6 Å². The molecule has 1 aliphatic heterocycles. The molecule has 1 saturated heterocycles. The fourth-order valence-corrected chi connectivity index (χ4v) is 2.20. The molecule has 0 aliphatic carbocycles. The van der Waals surface area contributed by atoms with Crippen LogP contribution in [-0.2, 0) is 4.79 Å². The molecular weight excluding hydrogens is 190 g/mol. The molecule has 1 N–H and O–H groups in total. The van der Waals surface area contributed by atoms with Gasteiger partial charge in [-0.15, -0.1) is 0 Å². The quantitative estimate of drug-likeness (QED) is 0.685. The first kappa shape index (κ1) is 12.5. The lowest BCUT2D eigenvalue weighted by Crippen LogP contribution is -2.37. The molecule has 1 aliphatic rings. The van der Waals surface area contributed by atoms with Crippen molar-refractivity contribution in [1.29, 1.82) is 0 Å². The van der Waals surface area contributed by atoms with Crippen molar-refractivity contribution < 1.29 is 9.90 Å². The molecular formula is C12H23NO2. The molecule has 0 bridgehead atoms. The van der Waals surface area contributed by atoms with E-state index in [0.29, 0.717) is 6.42 Å². The van der Waals surface area contributed by atoms with E-state index in [-0.39, 0.29) is 18.6 Å². The van der Waals surface area contributed by atoms with Crippen molar-refractivity contribution in [2.45, 2.75) is 57.9 Å². The smallest absolute Gasteiger partial charge is 0.222 e. The molecule has 0 saturated carbocycles. The summed E-state index contributed by atoms with van der Waals surface area (Å²) in [4.78, 5) is 13.7. The summed E-state index contributed by atoms with van der Waals surface area (Å²) in [5.41, 5.74) is 0. The Bertz CT molecular complexity index is 194. The first-order chi connectivity index (χ1) is 7.29. The maximum absolute atomic E-state index is 11.8. The van der Waals surface area contributed by atoms with Crippen molar-refractivity contribution >= 4 is 5.91 Å². The lowest BCUT2D eigenvalue weighted by molar-refractivity contribution is -0.132. The summed E-state index contributed by atoms with van der Waals surface area (Å²) in [5, 5.41) is 9.10. The molecule has 3 nitrogen and oxygen atoms in total. The fourth-order valence-electron chi connectivity index (χ4n) is 2.20. The Labute approximate surface area is 92.5 Å². The van der Waals surface area contributed by atoms with E-state index < -0.39 is 0 Å². The standard InChI is InChI=1S/C12H23NO2/c1-2-3-4-5-8-12(15)13-9-6-7-11(13)10-14/h11,14H,2-10H2,1H3/t11-/m1/s1. The van der Waals surface area contributed by atoms with Crippen molar-refractivity contribution in [1.82, 2.24) is 4.90 Å². The largest absolute Gasteiger partial charge is 0.394 e. The van der Waals surface area contributed by atoms with Crippen LogP contribution in [0.2, 0.25) is 0 Å². The second-order valence-electron chi connectivity index (χ2n) is 4.38. The van der Waals surface area contributed by atoms with Gasteiger partial charge in [-0.3, -0.25) is 4.79 Å². The lowest BCUT2D eigenvalue weighted by atomic mass is 10.1. The van der Waals surface area contributed by atoms with Gasteiger partial charge in [-0.1, -0.05) is 26.2 Å². The van der Waals surface area contributed by atoms with Crippen LogP contribution in [0.5, 0.6) is 0 Å². The second kappa shape index (κ2) is 6.83. The average Bonchev–Trinajstić information content (AvgIpc) is 2.72. The predicted octanol–water partition coefficient (Wildman–Crippen LogP) is 1.94. The number of aliphatic hydroxyl groups excluding tert-OH is 1. The lowest BCUT2D eigenvalue weighted by Gasteiger charge is -2.22. The molecule has 1 rings (SSSR count). The van der Waals surface area contributed by atoms with E-state index in [4.69, 9.17) is 5.11 Å². The van der Waals surface area contributed by atoms with Crippen molar-refractivity contribution in [3.8, 4) is 0 Å². The average molecular weight is 213 g/mol. The Kier molecular flexibility index (Phi) is 5.69. The predicted molar refractivity (Wildman–Crippen MR) is 60.6 cm³/mol. The molecule has 1 heterocycles. The highest BCUT2D eigenvalue weighted by Gasteiger charge is 2.27. The summed E-state index contributed by atoms with van der Waals surface area (Å²) in [6.45, 7) is 3.14. The van der Waals surface area contributed by atoms with Crippen molar-refractivity contribution in [3.05, 3.63) is 0 Å². The molecule has 0 aromatic rings. The van der Waals surface area contributed by atoms with Crippen molar-refractivity contribution in [2.24, 2.45) is 0 Å². The third kappa shape index (κ3) is 3.82. The summed E-state index contributed by atoms with van der Waals surface area (Å²) in [5.74, 6) is 0.239. The van der Waals surface area contributed by atoms with E-state index in [0.717, 1.165) is 32.2 Å². The second-order valence-corrected chi connectivity index (χ2v) is 4.38. The van der Waals surface area contributed by atoms with Crippen molar-refractivity contribution in [2.75, 3.05) is 13.2 Å². The molecule has 1 amide bonds. The van der Waals surface area contributed by atoms with Gasteiger partial charge in [0.2, 0.25) is 5.91 Å². The monoisotopic (exact) mass is 213 g/mol. The van der Waals surface area contributed by atoms with Crippen molar-refractivity contribution in [3.63, 3.8) is 0 Å². The topological polar surface area (TPSA) is 40.5 Å². The van der Waals surface area contributed by atoms with E-state index in [9.17, 15) is 4.79 Å².